The van der Waals surface area contributed by atoms with E-state index in [9.17, 15) is 4.79 Å². The fraction of sp³-hybridized carbons (Fsp3) is 0.300. The van der Waals surface area contributed by atoms with E-state index in [2.05, 4.69) is 9.88 Å². The Kier molecular flexibility index (Phi) is 6.20. The van der Waals surface area contributed by atoms with Crippen LogP contribution in [-0.4, -0.2) is 41.6 Å². The zero-order chi connectivity index (χ0) is 18.4. The highest BCUT2D eigenvalue weighted by Crippen LogP contribution is 2.22. The molecule has 3 aromatic rings. The number of hydrogen-bond acceptors (Lipinski definition) is 5. The van der Waals surface area contributed by atoms with Crippen LogP contribution in [0, 0.1) is 0 Å². The molecule has 0 N–H and O–H groups in total. The molecular weight excluding hydrogens is 346 g/mol. The number of benzene rings is 1. The van der Waals surface area contributed by atoms with E-state index in [1.165, 1.54) is 0 Å². The molecule has 0 aliphatic heterocycles. The van der Waals surface area contributed by atoms with Crippen LogP contribution in [0.5, 0.6) is 0 Å². The third-order valence-electron chi connectivity index (χ3n) is 4.29. The predicted octanol–water partition coefficient (Wildman–Crippen LogP) is 4.05. The van der Waals surface area contributed by atoms with E-state index in [0.717, 1.165) is 23.7 Å². The van der Waals surface area contributed by atoms with Crippen LogP contribution in [0.3, 0.4) is 0 Å². The third kappa shape index (κ3) is 4.03. The average molecular weight is 369 g/mol. The van der Waals surface area contributed by atoms with Gasteiger partial charge in [0, 0.05) is 38.3 Å². The number of carbonyl (C=O) groups excluding carboxylic acids is 1. The highest BCUT2D eigenvalue weighted by atomic mass is 32.1. The molecule has 0 aliphatic carbocycles. The second kappa shape index (κ2) is 8.78. The van der Waals surface area contributed by atoms with Gasteiger partial charge in [0.15, 0.2) is 5.82 Å². The number of methoxy groups -OCH3 is 1. The minimum atomic E-state index is -0.324. The molecule has 0 saturated carbocycles. The Hall–Kier alpha value is -2.44. The molecule has 2 heterocycles. The number of anilines is 1. The third-order valence-corrected chi connectivity index (χ3v) is 5.15. The molecule has 2 aromatic heterocycles. The summed E-state index contributed by atoms with van der Waals surface area (Å²) < 4.78 is 7.04. The molecule has 136 valence electrons. The smallest absolute Gasteiger partial charge is 0.220 e. The molecule has 0 spiro atoms. The van der Waals surface area contributed by atoms with Crippen LogP contribution in [0.4, 0.5) is 5.69 Å². The minimum absolute atomic E-state index is 0.00432. The highest BCUT2D eigenvalue weighted by molar-refractivity contribution is 7.12. The molecule has 3 rings (SSSR count). The van der Waals surface area contributed by atoms with Gasteiger partial charge < -0.3 is 9.64 Å². The number of para-hydroxylation sites is 1. The summed E-state index contributed by atoms with van der Waals surface area (Å²) in [5.74, 6) is 0.470. The van der Waals surface area contributed by atoms with Crippen molar-refractivity contribution >= 4 is 22.8 Å². The quantitative estimate of drug-likeness (QED) is 0.422. The van der Waals surface area contributed by atoms with Crippen LogP contribution in [-0.2, 0) is 4.74 Å². The number of nitrogens with zero attached hydrogens (tertiary/aromatic N) is 3. The minimum Gasteiger partial charge on any atom is -0.385 e. The Balaban J connectivity index is 1.86. The van der Waals surface area contributed by atoms with Crippen molar-refractivity contribution in [1.29, 1.82) is 0 Å². The van der Waals surface area contributed by atoms with Crippen molar-refractivity contribution in [3.05, 3.63) is 66.1 Å². The standard InChI is InChI=1S/C20H23N3O2S/c1-16(22(12-7-14-25-2)17-8-4-3-5-9-17)19(24)20-21-11-13-23(20)18-10-6-15-26-18/h3-6,8-11,13,15-16H,7,12,14H2,1-2H3/t16-/m0/s1. The van der Waals surface area contributed by atoms with E-state index in [4.69, 9.17) is 4.74 Å². The number of hydrogen-bond donors (Lipinski definition) is 0. The fourth-order valence-electron chi connectivity index (χ4n) is 2.94. The molecule has 1 atom stereocenters. The van der Waals surface area contributed by atoms with Crippen molar-refractivity contribution < 1.29 is 9.53 Å². The summed E-state index contributed by atoms with van der Waals surface area (Å²) in [5, 5.41) is 2.98. The van der Waals surface area contributed by atoms with Crippen molar-refractivity contribution in [1.82, 2.24) is 9.55 Å². The molecule has 0 aliphatic rings. The van der Waals surface area contributed by atoms with E-state index >= 15 is 0 Å². The first kappa shape index (κ1) is 18.4. The number of aromatic nitrogens is 2. The lowest BCUT2D eigenvalue weighted by Gasteiger charge is -2.30. The molecule has 0 bridgehead atoms. The summed E-state index contributed by atoms with van der Waals surface area (Å²) in [7, 11) is 1.69. The monoisotopic (exact) mass is 369 g/mol. The van der Waals surface area contributed by atoms with E-state index in [-0.39, 0.29) is 11.8 Å². The zero-order valence-electron chi connectivity index (χ0n) is 15.0. The van der Waals surface area contributed by atoms with Gasteiger partial charge in [0.1, 0.15) is 5.00 Å². The molecule has 0 amide bonds. The van der Waals surface area contributed by atoms with Gasteiger partial charge in [0.25, 0.3) is 0 Å². The van der Waals surface area contributed by atoms with Crippen LogP contribution in [0.15, 0.2) is 60.2 Å². The van der Waals surface area contributed by atoms with Crippen LogP contribution in [0.1, 0.15) is 24.0 Å². The molecule has 5 nitrogen and oxygen atoms in total. The van der Waals surface area contributed by atoms with Crippen LogP contribution in [0.2, 0.25) is 0 Å². The predicted molar refractivity (Wildman–Crippen MR) is 106 cm³/mol. The maximum absolute atomic E-state index is 13.2. The van der Waals surface area contributed by atoms with E-state index in [1.807, 2.05) is 65.5 Å². The number of thiophene rings is 1. The number of ether oxygens (including phenoxy) is 1. The summed E-state index contributed by atoms with van der Waals surface area (Å²) in [6.07, 6.45) is 4.36. The summed E-state index contributed by atoms with van der Waals surface area (Å²) >= 11 is 1.59. The van der Waals surface area contributed by atoms with Crippen LogP contribution in [0.25, 0.3) is 5.00 Å². The first-order chi connectivity index (χ1) is 12.7. The lowest BCUT2D eigenvalue weighted by molar-refractivity contribution is 0.0951. The van der Waals surface area contributed by atoms with E-state index in [1.54, 1.807) is 24.6 Å². The second-order valence-electron chi connectivity index (χ2n) is 5.99. The summed E-state index contributed by atoms with van der Waals surface area (Å²) in [6, 6.07) is 13.7. The number of carbonyl (C=O) groups is 1. The Morgan fingerprint density at radius 2 is 2.08 bits per heavy atom. The van der Waals surface area contributed by atoms with Gasteiger partial charge in [0.2, 0.25) is 5.78 Å². The maximum Gasteiger partial charge on any atom is 0.220 e. The SMILES string of the molecule is COCCCN(c1ccccc1)[C@@H](C)C(=O)c1nccn1-c1cccs1. The average Bonchev–Trinajstić information content (AvgIpc) is 3.36. The Morgan fingerprint density at radius 3 is 2.77 bits per heavy atom. The van der Waals surface area contributed by atoms with Crippen molar-refractivity contribution in [2.24, 2.45) is 0 Å². The Morgan fingerprint density at radius 1 is 1.27 bits per heavy atom. The second-order valence-corrected chi connectivity index (χ2v) is 6.91. The first-order valence-corrected chi connectivity index (χ1v) is 9.52. The van der Waals surface area contributed by atoms with E-state index < -0.39 is 0 Å². The molecule has 26 heavy (non-hydrogen) atoms. The lowest BCUT2D eigenvalue weighted by Crippen LogP contribution is -2.41. The maximum atomic E-state index is 13.2. The van der Waals surface area contributed by atoms with Gasteiger partial charge in [-0.1, -0.05) is 18.2 Å². The van der Waals surface area contributed by atoms with E-state index in [0.29, 0.717) is 12.4 Å². The normalized spacial score (nSPS) is 12.1. The number of ketones is 1. The molecule has 1 aromatic carbocycles. The molecule has 0 unspecified atom stereocenters. The number of Topliss-reactive ketones (excluding diaryl/α,β-unsaturated/α-hetero) is 1. The molecule has 0 radical (unpaired) electrons. The topological polar surface area (TPSA) is 47.4 Å². The first-order valence-electron chi connectivity index (χ1n) is 8.64. The van der Waals surface area contributed by atoms with Crippen molar-refractivity contribution in [3.63, 3.8) is 0 Å². The molecule has 6 heteroatoms. The van der Waals surface area contributed by atoms with Crippen molar-refractivity contribution in [2.45, 2.75) is 19.4 Å². The van der Waals surface area contributed by atoms with Crippen molar-refractivity contribution in [3.8, 4) is 5.00 Å². The van der Waals surface area contributed by atoms with Crippen LogP contribution < -0.4 is 4.90 Å². The zero-order valence-corrected chi connectivity index (χ0v) is 15.9. The lowest BCUT2D eigenvalue weighted by atomic mass is 10.1. The van der Waals surface area contributed by atoms with Gasteiger partial charge in [-0.15, -0.1) is 11.3 Å². The summed E-state index contributed by atoms with van der Waals surface area (Å²) in [4.78, 5) is 19.7. The van der Waals surface area contributed by atoms with Gasteiger partial charge in [-0.05, 0) is 43.0 Å². The van der Waals surface area contributed by atoms with Gasteiger partial charge >= 0.3 is 0 Å². The van der Waals surface area contributed by atoms with Crippen LogP contribution >= 0.6 is 11.3 Å². The summed E-state index contributed by atoms with van der Waals surface area (Å²) in [6.45, 7) is 3.34. The van der Waals surface area contributed by atoms with Gasteiger partial charge in [-0.3, -0.25) is 9.36 Å². The molecular formula is C20H23N3O2S. The fourth-order valence-corrected chi connectivity index (χ4v) is 3.66. The van der Waals surface area contributed by atoms with Gasteiger partial charge in [-0.25, -0.2) is 4.98 Å². The van der Waals surface area contributed by atoms with Crippen molar-refractivity contribution in [2.75, 3.05) is 25.2 Å². The largest absolute Gasteiger partial charge is 0.385 e. The van der Waals surface area contributed by atoms with Gasteiger partial charge in [-0.2, -0.15) is 0 Å². The highest BCUT2D eigenvalue weighted by Gasteiger charge is 2.26. The number of imidazole rings is 1. The number of rotatable bonds is 9. The Labute approximate surface area is 157 Å². The Bertz CT molecular complexity index is 815. The summed E-state index contributed by atoms with van der Waals surface area (Å²) in [5.41, 5.74) is 1.03. The molecule has 0 saturated heterocycles. The molecule has 0 fully saturated rings. The van der Waals surface area contributed by atoms with Gasteiger partial charge in [0.05, 0.1) is 6.04 Å².